The third-order valence-electron chi connectivity index (χ3n) is 4.67. The van der Waals surface area contributed by atoms with Gasteiger partial charge in [0.05, 0.1) is 5.02 Å². The normalized spacial score (nSPS) is 12.6. The summed E-state index contributed by atoms with van der Waals surface area (Å²) in [5, 5.41) is 4.60. The van der Waals surface area contributed by atoms with Gasteiger partial charge < -0.3 is 18.7 Å². The van der Waals surface area contributed by atoms with Crippen LogP contribution in [0.4, 0.5) is 0 Å². The SMILES string of the molecule is Clc1cc(COc2ccc(-c3noc(-c4cccc(Br)c4)n3)cc2)cc2c1OCCO2. The Bertz CT molecular complexity index is 1230. The van der Waals surface area contributed by atoms with Gasteiger partial charge in [-0.3, -0.25) is 0 Å². The molecular weight excluding hydrogens is 484 g/mol. The van der Waals surface area contributed by atoms with E-state index in [9.17, 15) is 0 Å². The number of aromatic nitrogens is 2. The zero-order chi connectivity index (χ0) is 21.2. The first-order chi connectivity index (χ1) is 15.2. The molecule has 0 radical (unpaired) electrons. The summed E-state index contributed by atoms with van der Waals surface area (Å²) in [6, 6.07) is 18.9. The molecule has 0 bridgehead atoms. The van der Waals surface area contributed by atoms with Crippen LogP contribution in [-0.4, -0.2) is 23.4 Å². The van der Waals surface area contributed by atoms with Crippen LogP contribution in [-0.2, 0) is 6.61 Å². The fraction of sp³-hybridized carbons (Fsp3) is 0.130. The maximum Gasteiger partial charge on any atom is 0.258 e. The number of fused-ring (bicyclic) bond motifs is 1. The van der Waals surface area contributed by atoms with E-state index in [2.05, 4.69) is 26.1 Å². The molecule has 2 heterocycles. The van der Waals surface area contributed by atoms with Crippen molar-refractivity contribution >= 4 is 27.5 Å². The van der Waals surface area contributed by atoms with Crippen LogP contribution in [0.5, 0.6) is 17.2 Å². The summed E-state index contributed by atoms with van der Waals surface area (Å²) in [7, 11) is 0. The van der Waals surface area contributed by atoms with Crippen LogP contribution in [0.15, 0.2) is 69.7 Å². The molecule has 3 aromatic carbocycles. The molecule has 5 rings (SSSR count). The standard InChI is InChI=1S/C23H16BrClN2O4/c24-17-3-1-2-16(12-17)23-26-22(27-31-23)15-4-6-18(7-5-15)30-13-14-10-19(25)21-20(11-14)28-8-9-29-21/h1-7,10-12H,8-9,13H2. The molecule has 0 unspecified atom stereocenters. The number of hydrogen-bond acceptors (Lipinski definition) is 6. The lowest BCUT2D eigenvalue weighted by molar-refractivity contribution is 0.171. The Morgan fingerprint density at radius 1 is 0.968 bits per heavy atom. The minimum atomic E-state index is 0.352. The van der Waals surface area contributed by atoms with Gasteiger partial charge in [0.15, 0.2) is 11.5 Å². The minimum Gasteiger partial charge on any atom is -0.489 e. The number of halogens is 2. The lowest BCUT2D eigenvalue weighted by atomic mass is 10.2. The van der Waals surface area contributed by atoms with Gasteiger partial charge in [0, 0.05) is 15.6 Å². The summed E-state index contributed by atoms with van der Waals surface area (Å²) in [5.41, 5.74) is 2.58. The van der Waals surface area contributed by atoms with E-state index >= 15 is 0 Å². The van der Waals surface area contributed by atoms with Gasteiger partial charge in [-0.2, -0.15) is 4.98 Å². The molecule has 0 saturated carbocycles. The lowest BCUT2D eigenvalue weighted by Gasteiger charge is -2.20. The van der Waals surface area contributed by atoms with Gasteiger partial charge in [-0.15, -0.1) is 0 Å². The molecule has 0 N–H and O–H groups in total. The molecule has 0 fully saturated rings. The minimum absolute atomic E-state index is 0.352. The van der Waals surface area contributed by atoms with Crippen molar-refractivity contribution in [3.63, 3.8) is 0 Å². The highest BCUT2D eigenvalue weighted by Gasteiger charge is 2.17. The monoisotopic (exact) mass is 498 g/mol. The van der Waals surface area contributed by atoms with Gasteiger partial charge in [-0.1, -0.05) is 38.8 Å². The number of ether oxygens (including phenoxy) is 3. The van der Waals surface area contributed by atoms with Gasteiger partial charge in [0.1, 0.15) is 25.6 Å². The zero-order valence-corrected chi connectivity index (χ0v) is 18.5. The van der Waals surface area contributed by atoms with Gasteiger partial charge in [-0.25, -0.2) is 0 Å². The third-order valence-corrected chi connectivity index (χ3v) is 5.45. The smallest absolute Gasteiger partial charge is 0.258 e. The van der Waals surface area contributed by atoms with Crippen LogP contribution in [0.2, 0.25) is 5.02 Å². The first-order valence-corrected chi connectivity index (χ1v) is 10.7. The van der Waals surface area contributed by atoms with Crippen LogP contribution >= 0.6 is 27.5 Å². The molecule has 1 aliphatic rings. The number of hydrogen-bond donors (Lipinski definition) is 0. The quantitative estimate of drug-likeness (QED) is 0.327. The average Bonchev–Trinajstić information content (AvgIpc) is 3.29. The van der Waals surface area contributed by atoms with Crippen LogP contribution in [0, 0.1) is 0 Å². The van der Waals surface area contributed by atoms with Gasteiger partial charge in [0.25, 0.3) is 5.89 Å². The number of rotatable bonds is 5. The van der Waals surface area contributed by atoms with E-state index in [1.54, 1.807) is 0 Å². The molecule has 4 aromatic rings. The lowest BCUT2D eigenvalue weighted by Crippen LogP contribution is -2.16. The van der Waals surface area contributed by atoms with Crippen molar-refractivity contribution in [1.82, 2.24) is 10.1 Å². The van der Waals surface area contributed by atoms with E-state index in [0.717, 1.165) is 21.2 Å². The molecule has 0 spiro atoms. The van der Waals surface area contributed by atoms with E-state index in [0.29, 0.717) is 53.8 Å². The Balaban J connectivity index is 1.27. The van der Waals surface area contributed by atoms with Crippen molar-refractivity contribution in [3.8, 4) is 40.1 Å². The fourth-order valence-corrected chi connectivity index (χ4v) is 3.88. The molecule has 6 nitrogen and oxygen atoms in total. The molecule has 0 amide bonds. The van der Waals surface area contributed by atoms with Crippen molar-refractivity contribution < 1.29 is 18.7 Å². The average molecular weight is 500 g/mol. The van der Waals surface area contributed by atoms with Gasteiger partial charge in [-0.05, 0) is 60.2 Å². The highest BCUT2D eigenvalue weighted by molar-refractivity contribution is 9.10. The molecule has 31 heavy (non-hydrogen) atoms. The largest absolute Gasteiger partial charge is 0.489 e. The highest BCUT2D eigenvalue weighted by Crippen LogP contribution is 2.38. The molecular formula is C23H16BrClN2O4. The molecule has 0 atom stereocenters. The number of nitrogens with zero attached hydrogens (tertiary/aromatic N) is 2. The first-order valence-electron chi connectivity index (χ1n) is 9.56. The van der Waals surface area contributed by atoms with E-state index in [1.165, 1.54) is 0 Å². The Morgan fingerprint density at radius 3 is 2.65 bits per heavy atom. The van der Waals surface area contributed by atoms with Crippen molar-refractivity contribution in [2.75, 3.05) is 13.2 Å². The molecule has 0 saturated heterocycles. The summed E-state index contributed by atoms with van der Waals surface area (Å²) in [6.07, 6.45) is 0. The van der Waals surface area contributed by atoms with E-state index < -0.39 is 0 Å². The van der Waals surface area contributed by atoms with E-state index in [4.69, 9.17) is 30.3 Å². The van der Waals surface area contributed by atoms with E-state index in [1.807, 2.05) is 60.7 Å². The second kappa shape index (κ2) is 8.61. The van der Waals surface area contributed by atoms with Crippen molar-refractivity contribution in [2.24, 2.45) is 0 Å². The zero-order valence-electron chi connectivity index (χ0n) is 16.2. The second-order valence-electron chi connectivity index (χ2n) is 6.85. The summed E-state index contributed by atoms with van der Waals surface area (Å²) >= 11 is 9.73. The number of benzene rings is 3. The second-order valence-corrected chi connectivity index (χ2v) is 8.17. The molecule has 1 aliphatic heterocycles. The van der Waals surface area contributed by atoms with Crippen molar-refractivity contribution in [2.45, 2.75) is 6.61 Å². The molecule has 0 aliphatic carbocycles. The summed E-state index contributed by atoms with van der Waals surface area (Å²) in [6.45, 7) is 1.36. The maximum absolute atomic E-state index is 6.29. The third kappa shape index (κ3) is 4.38. The van der Waals surface area contributed by atoms with Crippen LogP contribution in [0.25, 0.3) is 22.8 Å². The first kappa shape index (κ1) is 19.9. The van der Waals surface area contributed by atoms with Gasteiger partial charge in [0.2, 0.25) is 5.82 Å². The van der Waals surface area contributed by atoms with Crippen molar-refractivity contribution in [3.05, 3.63) is 75.7 Å². The van der Waals surface area contributed by atoms with Crippen molar-refractivity contribution in [1.29, 1.82) is 0 Å². The Hall–Kier alpha value is -3.03. The van der Waals surface area contributed by atoms with Crippen LogP contribution in [0.1, 0.15) is 5.56 Å². The molecule has 156 valence electrons. The van der Waals surface area contributed by atoms with Crippen LogP contribution < -0.4 is 14.2 Å². The fourth-order valence-electron chi connectivity index (χ4n) is 3.19. The summed E-state index contributed by atoms with van der Waals surface area (Å²) in [5.74, 6) is 2.92. The Morgan fingerprint density at radius 2 is 1.81 bits per heavy atom. The highest BCUT2D eigenvalue weighted by atomic mass is 79.9. The van der Waals surface area contributed by atoms with E-state index in [-0.39, 0.29) is 0 Å². The summed E-state index contributed by atoms with van der Waals surface area (Å²) < 4.78 is 23.4. The topological polar surface area (TPSA) is 66.6 Å². The maximum atomic E-state index is 6.29. The Labute approximate surface area is 191 Å². The molecule has 8 heteroatoms. The summed E-state index contributed by atoms with van der Waals surface area (Å²) in [4.78, 5) is 4.49. The predicted molar refractivity (Wildman–Crippen MR) is 120 cm³/mol. The predicted octanol–water partition coefficient (Wildman–Crippen LogP) is 6.17. The van der Waals surface area contributed by atoms with Crippen LogP contribution in [0.3, 0.4) is 0 Å². The Kier molecular flexibility index (Phi) is 5.53. The van der Waals surface area contributed by atoms with Gasteiger partial charge >= 0.3 is 0 Å². The molecule has 1 aromatic heterocycles.